The van der Waals surface area contributed by atoms with Gasteiger partial charge >= 0.3 is 0 Å². The lowest BCUT2D eigenvalue weighted by Crippen LogP contribution is -2.45. The Morgan fingerprint density at radius 1 is 0.425 bits per heavy atom. The van der Waals surface area contributed by atoms with Crippen molar-refractivity contribution in [1.82, 2.24) is 5.32 Å². The third-order valence-corrected chi connectivity index (χ3v) is 18.0. The van der Waals surface area contributed by atoms with Gasteiger partial charge in [-0.1, -0.05) is 373 Å². The van der Waals surface area contributed by atoms with E-state index in [0.717, 1.165) is 38.5 Å². The topological polar surface area (TPSA) is 108 Å². The van der Waals surface area contributed by atoms with Gasteiger partial charge in [-0.3, -0.25) is 9.36 Å². The number of quaternary nitrogens is 1. The molecule has 9 heteroatoms. The number of carbonyl (C=O) groups is 1. The number of amides is 1. The Bertz CT molecular complexity index is 1310. The first-order valence-electron chi connectivity index (χ1n) is 36.1. The summed E-state index contributed by atoms with van der Waals surface area (Å²) < 4.78 is 23.5. The molecule has 0 rings (SSSR count). The van der Waals surface area contributed by atoms with Gasteiger partial charge in [-0.15, -0.1) is 0 Å². The summed E-state index contributed by atoms with van der Waals surface area (Å²) in [5.41, 5.74) is 0. The molecular formula is C71H143N2O6P. The van der Waals surface area contributed by atoms with Crippen LogP contribution in [0.15, 0.2) is 12.2 Å². The lowest BCUT2D eigenvalue weighted by molar-refractivity contribution is -0.870. The molecule has 0 spiro atoms. The molecule has 0 fully saturated rings. The first-order valence-corrected chi connectivity index (χ1v) is 37.5. The second kappa shape index (κ2) is 62.8. The molecule has 3 unspecified atom stereocenters. The molecule has 0 heterocycles. The van der Waals surface area contributed by atoms with Crippen molar-refractivity contribution in [3.8, 4) is 0 Å². The van der Waals surface area contributed by atoms with Crippen LogP contribution in [0.25, 0.3) is 0 Å². The maximum atomic E-state index is 13.0. The van der Waals surface area contributed by atoms with Crippen LogP contribution in [0.4, 0.5) is 0 Å². The maximum Gasteiger partial charge on any atom is 0.268 e. The molecule has 0 aliphatic carbocycles. The van der Waals surface area contributed by atoms with Crippen LogP contribution in [0.2, 0.25) is 0 Å². The summed E-state index contributed by atoms with van der Waals surface area (Å²) in [4.78, 5) is 25.6. The van der Waals surface area contributed by atoms with Crippen LogP contribution in [-0.4, -0.2) is 68.5 Å². The van der Waals surface area contributed by atoms with E-state index in [-0.39, 0.29) is 19.1 Å². The number of nitrogens with zero attached hydrogens (tertiary/aromatic N) is 1. The van der Waals surface area contributed by atoms with Crippen LogP contribution < -0.4 is 10.2 Å². The van der Waals surface area contributed by atoms with Crippen molar-refractivity contribution in [2.75, 3.05) is 40.9 Å². The fraction of sp³-hybridized carbons (Fsp3) is 0.958. The second-order valence-electron chi connectivity index (χ2n) is 26.3. The van der Waals surface area contributed by atoms with E-state index in [1.54, 1.807) is 6.08 Å². The monoisotopic (exact) mass is 1150 g/mol. The van der Waals surface area contributed by atoms with Crippen LogP contribution in [-0.2, 0) is 18.4 Å². The zero-order valence-electron chi connectivity index (χ0n) is 54.8. The van der Waals surface area contributed by atoms with Crippen molar-refractivity contribution in [1.29, 1.82) is 0 Å². The molecule has 0 aliphatic heterocycles. The van der Waals surface area contributed by atoms with E-state index in [2.05, 4.69) is 19.2 Å². The van der Waals surface area contributed by atoms with Crippen molar-refractivity contribution in [3.63, 3.8) is 0 Å². The number of hydrogen-bond donors (Lipinski definition) is 2. The average Bonchev–Trinajstić information content (AvgIpc) is 3.43. The first-order chi connectivity index (χ1) is 39.0. The molecule has 0 radical (unpaired) electrons. The number of nitrogens with one attached hydrogen (secondary N) is 1. The fourth-order valence-corrected chi connectivity index (χ4v) is 12.1. The Labute approximate surface area is 501 Å². The number of allylic oxidation sites excluding steroid dienone is 1. The van der Waals surface area contributed by atoms with Gasteiger partial charge < -0.3 is 28.8 Å². The Morgan fingerprint density at radius 3 is 0.938 bits per heavy atom. The van der Waals surface area contributed by atoms with Gasteiger partial charge in [0.15, 0.2) is 0 Å². The van der Waals surface area contributed by atoms with Crippen LogP contribution in [0.3, 0.4) is 0 Å². The third kappa shape index (κ3) is 64.8. The largest absolute Gasteiger partial charge is 0.756 e. The Morgan fingerprint density at radius 2 is 0.675 bits per heavy atom. The van der Waals surface area contributed by atoms with Gasteiger partial charge in [0.25, 0.3) is 7.82 Å². The van der Waals surface area contributed by atoms with Gasteiger partial charge in [0, 0.05) is 6.42 Å². The molecule has 0 aromatic carbocycles. The predicted molar refractivity (Wildman–Crippen MR) is 349 cm³/mol. The number of phosphoric acid groups is 1. The standard InChI is InChI=1S/C71H143N2O6P/c1-6-8-10-12-14-16-18-20-22-24-26-28-30-32-33-34-35-36-37-38-39-41-43-45-47-49-51-53-55-57-59-61-63-65-71(75)72-69(68-79-80(76,77)78-67-66-73(3,4)5)70(74)64-62-60-58-56-54-52-50-48-46-44-42-40-31-29-27-25-23-21-19-17-15-13-11-9-7-2/h62,64,69-70,74H,6-61,63,65-68H2,1-5H3,(H-,72,75,76,77)/b64-62+. The highest BCUT2D eigenvalue weighted by Crippen LogP contribution is 2.38. The molecule has 3 atom stereocenters. The summed E-state index contributed by atoms with van der Waals surface area (Å²) in [6.07, 6.45) is 80.6. The van der Waals surface area contributed by atoms with E-state index in [1.807, 2.05) is 27.2 Å². The number of phosphoric ester groups is 1. The molecule has 478 valence electrons. The normalized spacial score (nSPS) is 13.6. The molecule has 0 aromatic heterocycles. The minimum atomic E-state index is -4.60. The predicted octanol–water partition coefficient (Wildman–Crippen LogP) is 22.3. The Kier molecular flexibility index (Phi) is 62.2. The molecule has 0 aliphatic rings. The number of carbonyl (C=O) groups excluding carboxylic acids is 1. The second-order valence-corrected chi connectivity index (χ2v) is 27.7. The van der Waals surface area contributed by atoms with Gasteiger partial charge in [0.1, 0.15) is 13.2 Å². The van der Waals surface area contributed by atoms with E-state index in [1.165, 1.54) is 327 Å². The summed E-state index contributed by atoms with van der Waals surface area (Å²) in [5, 5.41) is 14.0. The minimum absolute atomic E-state index is 0.00303. The summed E-state index contributed by atoms with van der Waals surface area (Å²) in [6.45, 7) is 4.73. The molecular weight excluding hydrogens is 1010 g/mol. The Hall–Kier alpha value is -0.760. The smallest absolute Gasteiger partial charge is 0.268 e. The fourth-order valence-electron chi connectivity index (χ4n) is 11.4. The molecule has 0 aromatic rings. The molecule has 2 N–H and O–H groups in total. The van der Waals surface area contributed by atoms with Crippen LogP contribution in [0.5, 0.6) is 0 Å². The zero-order valence-corrected chi connectivity index (χ0v) is 55.7. The number of hydrogen-bond acceptors (Lipinski definition) is 6. The molecule has 80 heavy (non-hydrogen) atoms. The highest BCUT2D eigenvalue weighted by Gasteiger charge is 2.23. The molecule has 1 amide bonds. The van der Waals surface area contributed by atoms with E-state index in [0.29, 0.717) is 17.4 Å². The lowest BCUT2D eigenvalue weighted by atomic mass is 10.0. The van der Waals surface area contributed by atoms with E-state index in [4.69, 9.17) is 9.05 Å². The maximum absolute atomic E-state index is 13.0. The van der Waals surface area contributed by atoms with Crippen molar-refractivity contribution in [2.45, 2.75) is 398 Å². The number of aliphatic hydroxyl groups is 1. The quantitative estimate of drug-likeness (QED) is 0.0272. The van der Waals surface area contributed by atoms with Gasteiger partial charge in [-0.05, 0) is 19.3 Å². The Balaban J connectivity index is 3.99. The van der Waals surface area contributed by atoms with Crippen molar-refractivity contribution in [2.24, 2.45) is 0 Å². The van der Waals surface area contributed by atoms with Gasteiger partial charge in [-0.25, -0.2) is 0 Å². The molecule has 8 nitrogen and oxygen atoms in total. The number of rotatable bonds is 68. The summed E-state index contributed by atoms with van der Waals surface area (Å²) in [6, 6.07) is -0.884. The number of unbranched alkanes of at least 4 members (excludes halogenated alkanes) is 55. The highest BCUT2D eigenvalue weighted by atomic mass is 31.2. The average molecular weight is 1150 g/mol. The molecule has 0 bridgehead atoms. The number of likely N-dealkylation sites (N-methyl/N-ethyl adjacent to an activating group) is 1. The van der Waals surface area contributed by atoms with Crippen LogP contribution >= 0.6 is 7.82 Å². The first kappa shape index (κ1) is 79.2. The van der Waals surface area contributed by atoms with Crippen molar-refractivity contribution < 1.29 is 32.9 Å². The molecule has 0 saturated carbocycles. The third-order valence-electron chi connectivity index (χ3n) is 17.0. The summed E-state index contributed by atoms with van der Waals surface area (Å²) in [5.74, 6) is -0.187. The van der Waals surface area contributed by atoms with Crippen molar-refractivity contribution >= 4 is 13.7 Å². The van der Waals surface area contributed by atoms with Gasteiger partial charge in [0.05, 0.1) is 39.9 Å². The summed E-state index contributed by atoms with van der Waals surface area (Å²) >= 11 is 0. The van der Waals surface area contributed by atoms with E-state index in [9.17, 15) is 19.4 Å². The van der Waals surface area contributed by atoms with Gasteiger partial charge in [0.2, 0.25) is 5.91 Å². The van der Waals surface area contributed by atoms with Gasteiger partial charge in [-0.2, -0.15) is 0 Å². The highest BCUT2D eigenvalue weighted by molar-refractivity contribution is 7.45. The van der Waals surface area contributed by atoms with Crippen LogP contribution in [0, 0.1) is 0 Å². The summed E-state index contributed by atoms with van der Waals surface area (Å²) in [7, 11) is 1.29. The zero-order chi connectivity index (χ0) is 58.4. The number of aliphatic hydroxyl groups excluding tert-OH is 1. The van der Waals surface area contributed by atoms with Crippen LogP contribution in [0.1, 0.15) is 386 Å². The van der Waals surface area contributed by atoms with Crippen molar-refractivity contribution in [3.05, 3.63) is 12.2 Å². The van der Waals surface area contributed by atoms with E-state index >= 15 is 0 Å². The van der Waals surface area contributed by atoms with E-state index < -0.39 is 20.0 Å². The lowest BCUT2D eigenvalue weighted by Gasteiger charge is -2.29. The molecule has 0 saturated heterocycles. The SMILES string of the molecule is CCCCCCCCCCCCCCCCCCCCCCCCC/C=C/C(O)C(COP(=O)([O-])OCC[N+](C)(C)C)NC(=O)CCCCCCCCCCCCCCCCCCCCCCCCCCCCCCCCCCC. The minimum Gasteiger partial charge on any atom is -0.756 e.